The van der Waals surface area contributed by atoms with Gasteiger partial charge in [0.1, 0.15) is 0 Å². The van der Waals surface area contributed by atoms with E-state index >= 15 is 0 Å². The normalized spacial score (nSPS) is 17.5. The van der Waals surface area contributed by atoms with E-state index in [9.17, 15) is 0 Å². The van der Waals surface area contributed by atoms with Crippen molar-refractivity contribution in [2.75, 3.05) is 0 Å². The third-order valence-corrected chi connectivity index (χ3v) is 2.58. The Labute approximate surface area is 86.6 Å². The van der Waals surface area contributed by atoms with Gasteiger partial charge in [0.2, 0.25) is 0 Å². The topological polar surface area (TPSA) is 0 Å². The maximum atomic E-state index is 6.28. The van der Waals surface area contributed by atoms with Crippen molar-refractivity contribution in [3.8, 4) is 0 Å². The van der Waals surface area contributed by atoms with Gasteiger partial charge in [-0.05, 0) is 40.0 Å². The molecule has 2 heteroatoms. The van der Waals surface area contributed by atoms with Crippen LogP contribution in [-0.4, -0.2) is 9.75 Å². The minimum atomic E-state index is -0.107. The van der Waals surface area contributed by atoms with Gasteiger partial charge in [-0.25, -0.2) is 0 Å². The summed E-state index contributed by atoms with van der Waals surface area (Å²) in [5, 5.41) is 0. The van der Waals surface area contributed by atoms with Crippen molar-refractivity contribution in [2.45, 2.75) is 63.1 Å². The van der Waals surface area contributed by atoms with Crippen LogP contribution in [0.4, 0.5) is 0 Å². The molecule has 0 aliphatic heterocycles. The lowest BCUT2D eigenvalue weighted by atomic mass is 9.94. The molecule has 0 aliphatic rings. The molecule has 0 spiro atoms. The van der Waals surface area contributed by atoms with Gasteiger partial charge in [-0.15, -0.1) is 23.2 Å². The van der Waals surface area contributed by atoms with Crippen LogP contribution in [0.25, 0.3) is 0 Å². The van der Waals surface area contributed by atoms with Gasteiger partial charge in [0.15, 0.2) is 0 Å². The fourth-order valence-electron chi connectivity index (χ4n) is 1.20. The lowest BCUT2D eigenvalue weighted by Gasteiger charge is -2.25. The predicted octanol–water partition coefficient (Wildman–Crippen LogP) is 4.58. The first-order valence-electron chi connectivity index (χ1n) is 4.65. The quantitative estimate of drug-likeness (QED) is 0.584. The zero-order valence-electron chi connectivity index (χ0n) is 8.58. The molecule has 0 heterocycles. The van der Waals surface area contributed by atoms with Gasteiger partial charge >= 0.3 is 0 Å². The minimum Gasteiger partial charge on any atom is -0.120 e. The highest BCUT2D eigenvalue weighted by molar-refractivity contribution is 6.24. The third-order valence-electron chi connectivity index (χ3n) is 2.01. The molecule has 1 unspecified atom stereocenters. The van der Waals surface area contributed by atoms with Crippen LogP contribution in [0.3, 0.4) is 0 Å². The van der Waals surface area contributed by atoms with Crippen LogP contribution < -0.4 is 0 Å². The highest BCUT2D eigenvalue weighted by Gasteiger charge is 2.23. The van der Waals surface area contributed by atoms with E-state index in [1.807, 2.05) is 13.8 Å². The molecule has 0 N–H and O–H groups in total. The molecule has 0 rings (SSSR count). The molecule has 0 aliphatic carbocycles. The monoisotopic (exact) mass is 210 g/mol. The Balaban J connectivity index is 3.75. The summed E-state index contributed by atoms with van der Waals surface area (Å²) in [7, 11) is 0. The zero-order chi connectivity index (χ0) is 9.83. The van der Waals surface area contributed by atoms with Crippen LogP contribution in [0.15, 0.2) is 0 Å². The molecule has 0 radical (unpaired) electrons. The Bertz CT molecular complexity index is 122. The molecule has 0 amide bonds. The average molecular weight is 211 g/mol. The molecule has 12 heavy (non-hydrogen) atoms. The van der Waals surface area contributed by atoms with E-state index in [-0.39, 0.29) is 9.75 Å². The van der Waals surface area contributed by atoms with E-state index in [0.717, 1.165) is 25.7 Å². The van der Waals surface area contributed by atoms with Crippen molar-refractivity contribution in [3.63, 3.8) is 0 Å². The second kappa shape index (κ2) is 4.72. The number of alkyl halides is 2. The minimum absolute atomic E-state index is 0.0547. The van der Waals surface area contributed by atoms with Gasteiger partial charge in [-0.2, -0.15) is 0 Å². The summed E-state index contributed by atoms with van der Waals surface area (Å²) in [5.41, 5.74) is 0. The first-order valence-corrected chi connectivity index (χ1v) is 5.40. The number of rotatable bonds is 5. The predicted molar refractivity (Wildman–Crippen MR) is 58.3 cm³/mol. The highest BCUT2D eigenvalue weighted by atomic mass is 35.5. The van der Waals surface area contributed by atoms with E-state index < -0.39 is 0 Å². The first kappa shape index (κ1) is 12.6. The van der Waals surface area contributed by atoms with Crippen LogP contribution in [-0.2, 0) is 0 Å². The lowest BCUT2D eigenvalue weighted by molar-refractivity contribution is 0.467. The van der Waals surface area contributed by atoms with Gasteiger partial charge in [0.05, 0.1) is 0 Å². The van der Waals surface area contributed by atoms with E-state index in [4.69, 9.17) is 23.2 Å². The van der Waals surface area contributed by atoms with Crippen molar-refractivity contribution in [3.05, 3.63) is 0 Å². The van der Waals surface area contributed by atoms with E-state index in [1.54, 1.807) is 0 Å². The summed E-state index contributed by atoms with van der Waals surface area (Å²) >= 11 is 12.4. The van der Waals surface area contributed by atoms with Crippen LogP contribution in [0.2, 0.25) is 0 Å². The van der Waals surface area contributed by atoms with Crippen LogP contribution >= 0.6 is 23.2 Å². The molecule has 74 valence electrons. The van der Waals surface area contributed by atoms with Crippen LogP contribution in [0.1, 0.15) is 53.4 Å². The molecule has 0 aromatic carbocycles. The van der Waals surface area contributed by atoms with Gasteiger partial charge in [-0.3, -0.25) is 0 Å². The second-order valence-electron chi connectivity index (χ2n) is 4.38. The Morgan fingerprint density at radius 2 is 1.42 bits per heavy atom. The van der Waals surface area contributed by atoms with E-state index in [1.165, 1.54) is 0 Å². The molecule has 0 fully saturated rings. The van der Waals surface area contributed by atoms with Crippen LogP contribution in [0, 0.1) is 0 Å². The van der Waals surface area contributed by atoms with Gasteiger partial charge in [0, 0.05) is 9.75 Å². The molecular weight excluding hydrogens is 191 g/mol. The first-order chi connectivity index (χ1) is 5.27. The molecule has 0 saturated carbocycles. The van der Waals surface area contributed by atoms with E-state index in [0.29, 0.717) is 0 Å². The fourth-order valence-corrected chi connectivity index (χ4v) is 1.58. The smallest absolute Gasteiger partial charge is 0.0419 e. The maximum absolute atomic E-state index is 6.28. The summed E-state index contributed by atoms with van der Waals surface area (Å²) in [5.74, 6) is 0. The van der Waals surface area contributed by atoms with Gasteiger partial charge < -0.3 is 0 Å². The Hall–Kier alpha value is 0.580. The van der Waals surface area contributed by atoms with E-state index in [2.05, 4.69) is 13.8 Å². The van der Waals surface area contributed by atoms with Crippen molar-refractivity contribution in [1.82, 2.24) is 0 Å². The Kier molecular flexibility index (Phi) is 4.94. The molecule has 0 bridgehead atoms. The average Bonchev–Trinajstić information content (AvgIpc) is 1.83. The molecule has 0 nitrogen and oxygen atoms in total. The summed E-state index contributed by atoms with van der Waals surface area (Å²) in [6.45, 7) is 8.33. The third kappa shape index (κ3) is 7.24. The molecule has 0 saturated heterocycles. The number of hydrogen-bond acceptors (Lipinski definition) is 0. The second-order valence-corrected chi connectivity index (χ2v) is 6.32. The number of halogens is 2. The fraction of sp³-hybridized carbons (Fsp3) is 1.00. The van der Waals surface area contributed by atoms with Crippen molar-refractivity contribution < 1.29 is 0 Å². The summed E-state index contributed by atoms with van der Waals surface area (Å²) in [6, 6.07) is 0. The SMILES string of the molecule is CCCC(C)(Cl)CCC(C)(C)Cl. The molecule has 0 aromatic rings. The van der Waals surface area contributed by atoms with Crippen molar-refractivity contribution >= 4 is 23.2 Å². The Morgan fingerprint density at radius 3 is 1.75 bits per heavy atom. The largest absolute Gasteiger partial charge is 0.120 e. The zero-order valence-corrected chi connectivity index (χ0v) is 10.1. The lowest BCUT2D eigenvalue weighted by Crippen LogP contribution is -2.21. The maximum Gasteiger partial charge on any atom is 0.0419 e. The molecular formula is C10H20Cl2. The van der Waals surface area contributed by atoms with Gasteiger partial charge in [0.25, 0.3) is 0 Å². The summed E-state index contributed by atoms with van der Waals surface area (Å²) < 4.78 is 0. The van der Waals surface area contributed by atoms with Crippen LogP contribution in [0.5, 0.6) is 0 Å². The molecule has 0 aromatic heterocycles. The van der Waals surface area contributed by atoms with Gasteiger partial charge in [-0.1, -0.05) is 13.3 Å². The Morgan fingerprint density at radius 1 is 0.917 bits per heavy atom. The standard InChI is InChI=1S/C10H20Cl2/c1-5-6-10(4,12)8-7-9(2,3)11/h5-8H2,1-4H3. The highest BCUT2D eigenvalue weighted by Crippen LogP contribution is 2.31. The summed E-state index contributed by atoms with van der Waals surface area (Å²) in [6.07, 6.45) is 4.19. The number of hydrogen-bond donors (Lipinski definition) is 0. The van der Waals surface area contributed by atoms with Crippen molar-refractivity contribution in [2.24, 2.45) is 0 Å². The van der Waals surface area contributed by atoms with Crippen molar-refractivity contribution in [1.29, 1.82) is 0 Å². The summed E-state index contributed by atoms with van der Waals surface area (Å²) in [4.78, 5) is -0.162. The molecule has 1 atom stereocenters.